The van der Waals surface area contributed by atoms with Crippen molar-refractivity contribution in [3.63, 3.8) is 0 Å². The van der Waals surface area contributed by atoms with E-state index < -0.39 is 17.5 Å². The number of anilines is 1. The number of halogens is 2. The molecule has 2 aromatic rings. The minimum atomic E-state index is -0.856. The highest BCUT2D eigenvalue weighted by Crippen LogP contribution is 2.24. The lowest BCUT2D eigenvalue weighted by molar-refractivity contribution is -0.112. The van der Waals surface area contributed by atoms with Crippen LogP contribution in [0.25, 0.3) is 6.08 Å². The third kappa shape index (κ3) is 4.17. The van der Waals surface area contributed by atoms with E-state index >= 15 is 0 Å². The molecule has 4 nitrogen and oxygen atoms in total. The molecule has 0 saturated carbocycles. The van der Waals surface area contributed by atoms with Gasteiger partial charge in [0.05, 0.1) is 12.3 Å². The van der Waals surface area contributed by atoms with Crippen molar-refractivity contribution in [3.05, 3.63) is 65.2 Å². The molecular weight excluding hydrogens is 314 g/mol. The molecule has 0 atom stereocenters. The van der Waals surface area contributed by atoms with Gasteiger partial charge in [0.15, 0.2) is 0 Å². The van der Waals surface area contributed by atoms with Crippen molar-refractivity contribution in [2.45, 2.75) is 6.92 Å². The molecule has 0 heterocycles. The van der Waals surface area contributed by atoms with Crippen molar-refractivity contribution in [1.29, 1.82) is 5.26 Å². The standard InChI is InChI=1S/C18H14F2N2O2/c1-2-24-17-6-4-3-5-16(17)22-18(23)13(11-21)9-12-7-8-14(19)10-15(12)20/h3-10H,2H2,1H3,(H,22,23)/b13-9+. The van der Waals surface area contributed by atoms with Crippen LogP contribution in [0, 0.1) is 23.0 Å². The molecule has 24 heavy (non-hydrogen) atoms. The molecule has 0 aliphatic rings. The summed E-state index contributed by atoms with van der Waals surface area (Å²) < 4.78 is 32.0. The SMILES string of the molecule is CCOc1ccccc1NC(=O)/C(C#N)=C/c1ccc(F)cc1F. The van der Waals surface area contributed by atoms with Gasteiger partial charge in [-0.3, -0.25) is 4.79 Å². The maximum atomic E-state index is 13.7. The van der Waals surface area contributed by atoms with Crippen molar-refractivity contribution in [3.8, 4) is 11.8 Å². The Morgan fingerprint density at radius 3 is 2.71 bits per heavy atom. The lowest BCUT2D eigenvalue weighted by Crippen LogP contribution is -2.14. The Morgan fingerprint density at radius 1 is 1.29 bits per heavy atom. The number of carbonyl (C=O) groups excluding carboxylic acids is 1. The van der Waals surface area contributed by atoms with Crippen LogP contribution in [0.4, 0.5) is 14.5 Å². The second kappa shape index (κ2) is 7.88. The summed E-state index contributed by atoms with van der Waals surface area (Å²) in [6.45, 7) is 2.21. The number of amides is 1. The van der Waals surface area contributed by atoms with Gasteiger partial charge < -0.3 is 10.1 Å². The number of benzene rings is 2. The van der Waals surface area contributed by atoms with Crippen molar-refractivity contribution >= 4 is 17.7 Å². The van der Waals surface area contributed by atoms with Gasteiger partial charge in [-0.2, -0.15) is 5.26 Å². The molecule has 0 fully saturated rings. The maximum absolute atomic E-state index is 13.7. The highest BCUT2D eigenvalue weighted by Gasteiger charge is 2.13. The molecule has 0 bridgehead atoms. The number of carbonyl (C=O) groups is 1. The van der Waals surface area contributed by atoms with Gasteiger partial charge in [0.1, 0.15) is 29.0 Å². The highest BCUT2D eigenvalue weighted by molar-refractivity contribution is 6.10. The normalized spacial score (nSPS) is 10.8. The predicted molar refractivity (Wildman–Crippen MR) is 86.2 cm³/mol. The third-order valence-electron chi connectivity index (χ3n) is 3.06. The predicted octanol–water partition coefficient (Wildman–Crippen LogP) is 3.91. The molecule has 2 rings (SSSR count). The molecule has 0 unspecified atom stereocenters. The van der Waals surface area contributed by atoms with Gasteiger partial charge in [-0.05, 0) is 37.3 Å². The van der Waals surface area contributed by atoms with Crippen molar-refractivity contribution < 1.29 is 18.3 Å². The van der Waals surface area contributed by atoms with E-state index in [2.05, 4.69) is 5.32 Å². The van der Waals surface area contributed by atoms with Crippen LogP contribution in [-0.4, -0.2) is 12.5 Å². The molecule has 122 valence electrons. The molecule has 0 aromatic heterocycles. The number of hydrogen-bond acceptors (Lipinski definition) is 3. The highest BCUT2D eigenvalue weighted by atomic mass is 19.1. The van der Waals surface area contributed by atoms with Crippen molar-refractivity contribution in [2.24, 2.45) is 0 Å². The second-order valence-corrected chi connectivity index (χ2v) is 4.72. The van der Waals surface area contributed by atoms with E-state index in [1.54, 1.807) is 37.3 Å². The maximum Gasteiger partial charge on any atom is 0.266 e. The Labute approximate surface area is 138 Å². The number of nitrogens with zero attached hydrogens (tertiary/aromatic N) is 1. The van der Waals surface area contributed by atoms with Gasteiger partial charge >= 0.3 is 0 Å². The zero-order valence-electron chi connectivity index (χ0n) is 12.8. The number of para-hydroxylation sites is 2. The topological polar surface area (TPSA) is 62.1 Å². The van der Waals surface area contributed by atoms with E-state index in [1.807, 2.05) is 0 Å². The fraction of sp³-hybridized carbons (Fsp3) is 0.111. The summed E-state index contributed by atoms with van der Waals surface area (Å²) in [6, 6.07) is 11.3. The van der Waals surface area contributed by atoms with Gasteiger partial charge in [-0.25, -0.2) is 8.78 Å². The van der Waals surface area contributed by atoms with E-state index in [9.17, 15) is 13.6 Å². The van der Waals surface area contributed by atoms with Gasteiger partial charge in [-0.15, -0.1) is 0 Å². The van der Waals surface area contributed by atoms with E-state index in [-0.39, 0.29) is 11.1 Å². The molecule has 6 heteroatoms. The fourth-order valence-electron chi connectivity index (χ4n) is 1.96. The first kappa shape index (κ1) is 17.2. The molecular formula is C18H14F2N2O2. The monoisotopic (exact) mass is 328 g/mol. The number of nitrogens with one attached hydrogen (secondary N) is 1. The Bertz CT molecular complexity index is 826. The first-order valence-corrected chi connectivity index (χ1v) is 7.15. The van der Waals surface area contributed by atoms with E-state index in [0.29, 0.717) is 24.1 Å². The average molecular weight is 328 g/mol. The van der Waals surface area contributed by atoms with Gasteiger partial charge in [-0.1, -0.05) is 12.1 Å². The van der Waals surface area contributed by atoms with Crippen molar-refractivity contribution in [1.82, 2.24) is 0 Å². The minimum absolute atomic E-state index is 0.0545. The summed E-state index contributed by atoms with van der Waals surface area (Å²) in [5.74, 6) is -1.85. The van der Waals surface area contributed by atoms with E-state index in [0.717, 1.165) is 18.2 Å². The summed E-state index contributed by atoms with van der Waals surface area (Å²) in [6.07, 6.45) is 1.06. The zero-order valence-corrected chi connectivity index (χ0v) is 12.8. The average Bonchev–Trinajstić information content (AvgIpc) is 2.56. The van der Waals surface area contributed by atoms with Crippen LogP contribution in [0.5, 0.6) is 5.75 Å². The summed E-state index contributed by atoms with van der Waals surface area (Å²) in [5.41, 5.74) is 0.0260. The van der Waals surface area contributed by atoms with Crippen LogP contribution < -0.4 is 10.1 Å². The number of hydrogen-bond donors (Lipinski definition) is 1. The number of ether oxygens (including phenoxy) is 1. The van der Waals surface area contributed by atoms with E-state index in [1.165, 1.54) is 0 Å². The fourth-order valence-corrected chi connectivity index (χ4v) is 1.96. The Hall–Kier alpha value is -3.20. The number of rotatable bonds is 5. The van der Waals surface area contributed by atoms with Crippen LogP contribution in [-0.2, 0) is 4.79 Å². The summed E-state index contributed by atoms with van der Waals surface area (Å²) in [5, 5.41) is 11.7. The van der Waals surface area contributed by atoms with Gasteiger partial charge in [0.25, 0.3) is 5.91 Å². The second-order valence-electron chi connectivity index (χ2n) is 4.72. The van der Waals surface area contributed by atoms with Crippen molar-refractivity contribution in [2.75, 3.05) is 11.9 Å². The Morgan fingerprint density at radius 2 is 2.04 bits per heavy atom. The first-order valence-electron chi connectivity index (χ1n) is 7.15. The number of nitriles is 1. The minimum Gasteiger partial charge on any atom is -0.492 e. The molecule has 1 N–H and O–H groups in total. The Kier molecular flexibility index (Phi) is 5.63. The molecule has 0 radical (unpaired) electrons. The smallest absolute Gasteiger partial charge is 0.266 e. The molecule has 0 aliphatic heterocycles. The van der Waals surface area contributed by atoms with Crippen LogP contribution in [0.15, 0.2) is 48.0 Å². The van der Waals surface area contributed by atoms with Crippen LogP contribution in [0.2, 0.25) is 0 Å². The summed E-state index contributed by atoms with van der Waals surface area (Å²) >= 11 is 0. The first-order chi connectivity index (χ1) is 11.5. The lowest BCUT2D eigenvalue weighted by Gasteiger charge is -2.10. The molecule has 0 spiro atoms. The van der Waals surface area contributed by atoms with Crippen LogP contribution in [0.1, 0.15) is 12.5 Å². The van der Waals surface area contributed by atoms with Gasteiger partial charge in [0, 0.05) is 11.6 Å². The summed E-state index contributed by atoms with van der Waals surface area (Å²) in [7, 11) is 0. The molecule has 1 amide bonds. The molecule has 2 aromatic carbocycles. The third-order valence-corrected chi connectivity index (χ3v) is 3.06. The van der Waals surface area contributed by atoms with Gasteiger partial charge in [0.2, 0.25) is 0 Å². The quantitative estimate of drug-likeness (QED) is 0.668. The Balaban J connectivity index is 2.27. The van der Waals surface area contributed by atoms with E-state index in [4.69, 9.17) is 10.00 Å². The molecule has 0 saturated heterocycles. The largest absolute Gasteiger partial charge is 0.492 e. The van der Waals surface area contributed by atoms with Crippen LogP contribution >= 0.6 is 0 Å². The molecule has 0 aliphatic carbocycles. The van der Waals surface area contributed by atoms with Crippen LogP contribution in [0.3, 0.4) is 0 Å². The zero-order chi connectivity index (χ0) is 17.5. The lowest BCUT2D eigenvalue weighted by atomic mass is 10.1. The summed E-state index contributed by atoms with van der Waals surface area (Å²) in [4.78, 5) is 12.2.